The summed E-state index contributed by atoms with van der Waals surface area (Å²) >= 11 is 1.74. The molecule has 0 spiro atoms. The lowest BCUT2D eigenvalue weighted by molar-refractivity contribution is 0.443. The predicted molar refractivity (Wildman–Crippen MR) is 100 cm³/mol. The summed E-state index contributed by atoms with van der Waals surface area (Å²) in [5, 5.41) is 15.8. The molecule has 1 N–H and O–H groups in total. The van der Waals surface area contributed by atoms with Crippen molar-refractivity contribution in [3.8, 4) is 11.8 Å². The number of ether oxygens (including phenoxy) is 1. The molecule has 24 heavy (non-hydrogen) atoms. The SMILES string of the molecule is CCc1c(O/C(C#N)=C/Nc2ccccc2)cc(C)c2sccc12. The Morgan fingerprint density at radius 3 is 2.79 bits per heavy atom. The van der Waals surface area contributed by atoms with Gasteiger partial charge in [-0.25, -0.2) is 0 Å². The summed E-state index contributed by atoms with van der Waals surface area (Å²) < 4.78 is 7.19. The van der Waals surface area contributed by atoms with Gasteiger partial charge in [-0.2, -0.15) is 5.26 Å². The van der Waals surface area contributed by atoms with Gasteiger partial charge in [0, 0.05) is 16.0 Å². The molecule has 0 fully saturated rings. The first-order chi connectivity index (χ1) is 11.7. The van der Waals surface area contributed by atoms with Gasteiger partial charge in [0.15, 0.2) is 0 Å². The number of nitrogens with one attached hydrogen (secondary N) is 1. The average molecular weight is 334 g/mol. The van der Waals surface area contributed by atoms with Crippen LogP contribution in [-0.4, -0.2) is 0 Å². The topological polar surface area (TPSA) is 45.0 Å². The summed E-state index contributed by atoms with van der Waals surface area (Å²) in [6, 6.07) is 15.9. The summed E-state index contributed by atoms with van der Waals surface area (Å²) in [4.78, 5) is 0. The van der Waals surface area contributed by atoms with Gasteiger partial charge in [0.2, 0.25) is 5.76 Å². The van der Waals surface area contributed by atoms with Crippen LogP contribution < -0.4 is 10.1 Å². The number of nitrogens with zero attached hydrogens (tertiary/aromatic N) is 1. The van der Waals surface area contributed by atoms with Gasteiger partial charge in [-0.1, -0.05) is 25.1 Å². The first-order valence-electron chi connectivity index (χ1n) is 7.82. The van der Waals surface area contributed by atoms with E-state index < -0.39 is 0 Å². The van der Waals surface area contributed by atoms with Crippen molar-refractivity contribution in [2.75, 3.05) is 5.32 Å². The van der Waals surface area contributed by atoms with Crippen molar-refractivity contribution < 1.29 is 4.74 Å². The fourth-order valence-corrected chi connectivity index (χ4v) is 3.58. The van der Waals surface area contributed by atoms with Crippen molar-refractivity contribution in [2.45, 2.75) is 20.3 Å². The van der Waals surface area contributed by atoms with Gasteiger partial charge in [0.05, 0.1) is 6.20 Å². The lowest BCUT2D eigenvalue weighted by Crippen LogP contribution is -2.00. The molecule has 0 radical (unpaired) electrons. The Morgan fingerprint density at radius 2 is 2.08 bits per heavy atom. The highest BCUT2D eigenvalue weighted by Gasteiger charge is 2.13. The molecular formula is C20H18N2OS. The Labute approximate surface area is 145 Å². The number of para-hydroxylation sites is 1. The maximum Gasteiger partial charge on any atom is 0.219 e. The van der Waals surface area contributed by atoms with Gasteiger partial charge >= 0.3 is 0 Å². The molecule has 3 nitrogen and oxygen atoms in total. The number of allylic oxidation sites excluding steroid dienone is 1. The number of aryl methyl sites for hydroxylation is 2. The lowest BCUT2D eigenvalue weighted by atomic mass is 10.0. The molecule has 1 heterocycles. The Hall–Kier alpha value is -2.77. The molecule has 0 saturated heterocycles. The largest absolute Gasteiger partial charge is 0.444 e. The molecule has 0 aliphatic heterocycles. The second kappa shape index (κ2) is 7.20. The average Bonchev–Trinajstić information content (AvgIpc) is 3.10. The van der Waals surface area contributed by atoms with Gasteiger partial charge in [-0.3, -0.25) is 0 Å². The van der Waals surface area contributed by atoms with E-state index in [0.717, 1.165) is 23.4 Å². The molecule has 1 aromatic heterocycles. The number of benzene rings is 2. The Bertz CT molecular complexity index is 920. The smallest absolute Gasteiger partial charge is 0.219 e. The zero-order chi connectivity index (χ0) is 16.9. The van der Waals surface area contributed by atoms with E-state index in [1.807, 2.05) is 36.4 Å². The zero-order valence-corrected chi connectivity index (χ0v) is 14.5. The van der Waals surface area contributed by atoms with Gasteiger partial charge < -0.3 is 10.1 Å². The van der Waals surface area contributed by atoms with Gasteiger partial charge in [0.1, 0.15) is 11.8 Å². The van der Waals surface area contributed by atoms with Crippen molar-refractivity contribution in [3.63, 3.8) is 0 Å². The van der Waals surface area contributed by atoms with Crippen LogP contribution in [0.4, 0.5) is 5.69 Å². The third kappa shape index (κ3) is 3.27. The predicted octanol–water partition coefficient (Wildman–Crippen LogP) is 5.63. The Kier molecular flexibility index (Phi) is 4.83. The molecule has 0 bridgehead atoms. The quantitative estimate of drug-likeness (QED) is 0.486. The molecule has 0 atom stereocenters. The minimum atomic E-state index is 0.238. The molecule has 0 unspecified atom stereocenters. The third-order valence-electron chi connectivity index (χ3n) is 3.82. The molecular weight excluding hydrogens is 316 g/mol. The van der Waals surface area contributed by atoms with Crippen LogP contribution in [-0.2, 0) is 6.42 Å². The highest BCUT2D eigenvalue weighted by Crippen LogP contribution is 2.35. The van der Waals surface area contributed by atoms with E-state index in [1.165, 1.54) is 15.6 Å². The number of hydrogen-bond acceptors (Lipinski definition) is 4. The summed E-state index contributed by atoms with van der Waals surface area (Å²) in [5.41, 5.74) is 3.22. The van der Waals surface area contributed by atoms with Crippen molar-refractivity contribution in [1.29, 1.82) is 5.26 Å². The first-order valence-corrected chi connectivity index (χ1v) is 8.70. The molecule has 3 aromatic rings. The number of hydrogen-bond donors (Lipinski definition) is 1. The fraction of sp³-hybridized carbons (Fsp3) is 0.150. The van der Waals surface area contributed by atoms with Crippen LogP contribution in [0, 0.1) is 18.3 Å². The van der Waals surface area contributed by atoms with E-state index in [1.54, 1.807) is 17.5 Å². The van der Waals surface area contributed by atoms with Crippen LogP contribution in [0.2, 0.25) is 0 Å². The second-order valence-corrected chi connectivity index (χ2v) is 6.34. The van der Waals surface area contributed by atoms with E-state index in [9.17, 15) is 5.26 Å². The molecule has 120 valence electrons. The van der Waals surface area contributed by atoms with Crippen LogP contribution >= 0.6 is 11.3 Å². The lowest BCUT2D eigenvalue weighted by Gasteiger charge is -2.12. The molecule has 3 rings (SSSR count). The van der Waals surface area contributed by atoms with Gasteiger partial charge in [-0.05, 0) is 53.9 Å². The Morgan fingerprint density at radius 1 is 1.29 bits per heavy atom. The third-order valence-corrected chi connectivity index (χ3v) is 4.87. The summed E-state index contributed by atoms with van der Waals surface area (Å²) in [5.74, 6) is 0.992. The van der Waals surface area contributed by atoms with Crippen LogP contribution in [0.15, 0.2) is 59.8 Å². The monoisotopic (exact) mass is 334 g/mol. The number of nitriles is 1. The maximum atomic E-state index is 9.39. The molecule has 0 aliphatic carbocycles. The van der Waals surface area contributed by atoms with Crippen LogP contribution in [0.3, 0.4) is 0 Å². The maximum absolute atomic E-state index is 9.39. The number of fused-ring (bicyclic) bond motifs is 1. The van der Waals surface area contributed by atoms with Crippen molar-refractivity contribution >= 4 is 27.1 Å². The number of thiophene rings is 1. The molecule has 4 heteroatoms. The second-order valence-electron chi connectivity index (χ2n) is 5.42. The zero-order valence-electron chi connectivity index (χ0n) is 13.7. The van der Waals surface area contributed by atoms with E-state index in [2.05, 4.69) is 36.7 Å². The van der Waals surface area contributed by atoms with Gasteiger partial charge in [0.25, 0.3) is 0 Å². The van der Waals surface area contributed by atoms with E-state index in [-0.39, 0.29) is 5.76 Å². The summed E-state index contributed by atoms with van der Waals surface area (Å²) in [7, 11) is 0. The molecule has 0 saturated carbocycles. The standard InChI is InChI=1S/C20H18N2OS/c1-3-17-18-9-10-24-20(18)14(2)11-19(17)23-16(12-21)13-22-15-7-5-4-6-8-15/h4-11,13,22H,3H2,1-2H3/b16-13+. The van der Waals surface area contributed by atoms with Gasteiger partial charge in [-0.15, -0.1) is 11.3 Å². The molecule has 0 amide bonds. The van der Waals surface area contributed by atoms with E-state index in [4.69, 9.17) is 4.74 Å². The Balaban J connectivity index is 1.91. The normalized spacial score (nSPS) is 11.3. The van der Waals surface area contributed by atoms with Crippen LogP contribution in [0.5, 0.6) is 5.75 Å². The minimum absolute atomic E-state index is 0.238. The summed E-state index contributed by atoms with van der Waals surface area (Å²) in [6.45, 7) is 4.18. The van der Waals surface area contributed by atoms with Crippen molar-refractivity contribution in [3.05, 3.63) is 70.9 Å². The van der Waals surface area contributed by atoms with E-state index in [0.29, 0.717) is 0 Å². The van der Waals surface area contributed by atoms with Crippen molar-refractivity contribution in [2.24, 2.45) is 0 Å². The van der Waals surface area contributed by atoms with Crippen molar-refractivity contribution in [1.82, 2.24) is 0 Å². The minimum Gasteiger partial charge on any atom is -0.444 e. The van der Waals surface area contributed by atoms with Crippen LogP contribution in [0.25, 0.3) is 10.1 Å². The highest BCUT2D eigenvalue weighted by molar-refractivity contribution is 7.17. The first kappa shape index (κ1) is 16.1. The molecule has 2 aromatic carbocycles. The summed E-state index contributed by atoms with van der Waals surface area (Å²) in [6.07, 6.45) is 2.45. The van der Waals surface area contributed by atoms with Crippen LogP contribution in [0.1, 0.15) is 18.1 Å². The van der Waals surface area contributed by atoms with E-state index >= 15 is 0 Å². The fourth-order valence-electron chi connectivity index (χ4n) is 2.68. The number of anilines is 1. The highest BCUT2D eigenvalue weighted by atomic mass is 32.1. The molecule has 0 aliphatic rings. The number of rotatable bonds is 5.